The maximum absolute atomic E-state index is 6.06. The van der Waals surface area contributed by atoms with E-state index in [0.29, 0.717) is 5.92 Å². The highest BCUT2D eigenvalue weighted by atomic mass is 16.5. The van der Waals surface area contributed by atoms with Gasteiger partial charge in [-0.3, -0.25) is 0 Å². The van der Waals surface area contributed by atoms with E-state index in [1.165, 1.54) is 30.4 Å². The summed E-state index contributed by atoms with van der Waals surface area (Å²) in [5.74, 6) is 5.07. The largest absolute Gasteiger partial charge is 0.457 e. The van der Waals surface area contributed by atoms with Gasteiger partial charge in [-0.05, 0) is 24.6 Å². The SMILES string of the molecule is C#Cc1cccc2c1C(CCCCC)c1ccccc1O2. The van der Waals surface area contributed by atoms with Crippen molar-refractivity contribution < 1.29 is 4.74 Å². The average Bonchev–Trinajstić information content (AvgIpc) is 2.53. The molecule has 0 aliphatic carbocycles. The Hall–Kier alpha value is -2.20. The van der Waals surface area contributed by atoms with Crippen LogP contribution in [0, 0.1) is 12.3 Å². The summed E-state index contributed by atoms with van der Waals surface area (Å²) in [6, 6.07) is 14.3. The molecule has 0 fully saturated rings. The topological polar surface area (TPSA) is 9.23 Å². The van der Waals surface area contributed by atoms with Crippen LogP contribution in [0.25, 0.3) is 0 Å². The first kappa shape index (κ1) is 13.8. The molecule has 1 atom stereocenters. The number of rotatable bonds is 4. The van der Waals surface area contributed by atoms with Crippen molar-refractivity contribution in [2.24, 2.45) is 0 Å². The van der Waals surface area contributed by atoms with Gasteiger partial charge >= 0.3 is 0 Å². The summed E-state index contributed by atoms with van der Waals surface area (Å²) in [7, 11) is 0. The molecule has 1 heteroatoms. The standard InChI is InChI=1S/C20H20O/c1-3-5-6-12-17-16-11-7-8-13-18(16)21-19-14-9-10-15(4-2)20(17)19/h2,7-11,13-14,17H,3,5-6,12H2,1H3. The molecule has 0 saturated carbocycles. The Bertz CT molecular complexity index is 678. The number of benzene rings is 2. The fraction of sp³-hybridized carbons (Fsp3) is 0.300. The molecule has 1 nitrogen and oxygen atoms in total. The van der Waals surface area contributed by atoms with Gasteiger partial charge in [0.15, 0.2) is 0 Å². The van der Waals surface area contributed by atoms with Crippen LogP contribution in [-0.4, -0.2) is 0 Å². The van der Waals surface area contributed by atoms with E-state index in [-0.39, 0.29) is 0 Å². The van der Waals surface area contributed by atoms with Crippen molar-refractivity contribution in [1.82, 2.24) is 0 Å². The van der Waals surface area contributed by atoms with E-state index >= 15 is 0 Å². The van der Waals surface area contributed by atoms with Gasteiger partial charge in [0.1, 0.15) is 11.5 Å². The van der Waals surface area contributed by atoms with Gasteiger partial charge in [-0.2, -0.15) is 0 Å². The Kier molecular flexibility index (Phi) is 3.97. The number of unbranched alkanes of at least 4 members (excludes halogenated alkanes) is 2. The van der Waals surface area contributed by atoms with Gasteiger partial charge in [-0.1, -0.05) is 56.4 Å². The molecule has 2 aromatic rings. The first-order chi connectivity index (χ1) is 10.3. The number of fused-ring (bicyclic) bond motifs is 2. The van der Waals surface area contributed by atoms with Crippen molar-refractivity contribution in [2.75, 3.05) is 0 Å². The summed E-state index contributed by atoms with van der Waals surface area (Å²) in [6.07, 6.45) is 10.5. The van der Waals surface area contributed by atoms with Crippen molar-refractivity contribution in [3.8, 4) is 23.8 Å². The zero-order valence-corrected chi connectivity index (χ0v) is 12.4. The third kappa shape index (κ3) is 2.54. The Morgan fingerprint density at radius 3 is 2.67 bits per heavy atom. The van der Waals surface area contributed by atoms with Crippen LogP contribution in [0.2, 0.25) is 0 Å². The summed E-state index contributed by atoms with van der Waals surface area (Å²) in [5.41, 5.74) is 3.42. The van der Waals surface area contributed by atoms with Gasteiger partial charge in [0.2, 0.25) is 0 Å². The fourth-order valence-electron chi connectivity index (χ4n) is 3.15. The second-order valence-corrected chi connectivity index (χ2v) is 5.55. The average molecular weight is 276 g/mol. The van der Waals surface area contributed by atoms with E-state index in [4.69, 9.17) is 11.2 Å². The zero-order chi connectivity index (χ0) is 14.7. The maximum atomic E-state index is 6.06. The van der Waals surface area contributed by atoms with Gasteiger partial charge in [0.05, 0.1) is 0 Å². The van der Waals surface area contributed by atoms with Crippen molar-refractivity contribution in [3.63, 3.8) is 0 Å². The number of terminal acetylenes is 1. The quantitative estimate of drug-likeness (QED) is 0.530. The highest BCUT2D eigenvalue weighted by Gasteiger charge is 2.28. The molecule has 0 amide bonds. The number of hydrogen-bond donors (Lipinski definition) is 0. The Balaban J connectivity index is 2.07. The van der Waals surface area contributed by atoms with E-state index < -0.39 is 0 Å². The second-order valence-electron chi connectivity index (χ2n) is 5.55. The van der Waals surface area contributed by atoms with E-state index in [1.54, 1.807) is 0 Å². The molecule has 1 aliphatic rings. The minimum Gasteiger partial charge on any atom is -0.457 e. The lowest BCUT2D eigenvalue weighted by atomic mass is 9.82. The molecule has 0 bridgehead atoms. The molecule has 2 aromatic carbocycles. The Morgan fingerprint density at radius 2 is 1.86 bits per heavy atom. The van der Waals surface area contributed by atoms with Crippen LogP contribution in [0.5, 0.6) is 11.5 Å². The first-order valence-corrected chi connectivity index (χ1v) is 7.71. The van der Waals surface area contributed by atoms with Crippen LogP contribution in [-0.2, 0) is 0 Å². The van der Waals surface area contributed by atoms with Crippen molar-refractivity contribution in [1.29, 1.82) is 0 Å². The summed E-state index contributed by atoms with van der Waals surface area (Å²) >= 11 is 0. The molecule has 1 unspecified atom stereocenters. The molecule has 1 aliphatic heterocycles. The van der Waals surface area contributed by atoms with Gasteiger partial charge < -0.3 is 4.74 Å². The van der Waals surface area contributed by atoms with Crippen LogP contribution in [0.4, 0.5) is 0 Å². The van der Waals surface area contributed by atoms with Crippen molar-refractivity contribution in [3.05, 3.63) is 59.2 Å². The lowest BCUT2D eigenvalue weighted by molar-refractivity contribution is 0.436. The van der Waals surface area contributed by atoms with Crippen LogP contribution in [0.3, 0.4) is 0 Å². The molecular formula is C20H20O. The Morgan fingerprint density at radius 1 is 1.05 bits per heavy atom. The minimum absolute atomic E-state index is 0.351. The molecule has 1 heterocycles. The van der Waals surface area contributed by atoms with Crippen LogP contribution >= 0.6 is 0 Å². The van der Waals surface area contributed by atoms with E-state index in [9.17, 15) is 0 Å². The maximum Gasteiger partial charge on any atom is 0.132 e. The van der Waals surface area contributed by atoms with Gasteiger partial charge in [-0.15, -0.1) is 6.42 Å². The molecule has 0 aromatic heterocycles. The van der Waals surface area contributed by atoms with Gasteiger partial charge in [0, 0.05) is 22.6 Å². The summed E-state index contributed by atoms with van der Waals surface area (Å²) in [5, 5.41) is 0. The normalized spacial score (nSPS) is 15.5. The fourth-order valence-corrected chi connectivity index (χ4v) is 3.15. The molecule has 3 rings (SSSR count). The van der Waals surface area contributed by atoms with Gasteiger partial charge in [-0.25, -0.2) is 0 Å². The molecule has 106 valence electrons. The lowest BCUT2D eigenvalue weighted by Crippen LogP contribution is -2.12. The van der Waals surface area contributed by atoms with Crippen molar-refractivity contribution >= 4 is 0 Å². The smallest absolute Gasteiger partial charge is 0.132 e. The van der Waals surface area contributed by atoms with Crippen molar-refractivity contribution in [2.45, 2.75) is 38.5 Å². The van der Waals surface area contributed by atoms with Crippen LogP contribution in [0.1, 0.15) is 55.2 Å². The number of ether oxygens (including phenoxy) is 1. The van der Waals surface area contributed by atoms with Gasteiger partial charge in [0.25, 0.3) is 0 Å². The van der Waals surface area contributed by atoms with E-state index in [1.807, 2.05) is 30.3 Å². The summed E-state index contributed by atoms with van der Waals surface area (Å²) in [4.78, 5) is 0. The predicted molar refractivity (Wildman–Crippen MR) is 86.9 cm³/mol. The molecule has 0 radical (unpaired) electrons. The molecule has 0 saturated heterocycles. The number of hydrogen-bond acceptors (Lipinski definition) is 1. The third-order valence-corrected chi connectivity index (χ3v) is 4.18. The van der Waals surface area contributed by atoms with E-state index in [0.717, 1.165) is 23.5 Å². The van der Waals surface area contributed by atoms with Crippen LogP contribution in [0.15, 0.2) is 42.5 Å². The summed E-state index contributed by atoms with van der Waals surface area (Å²) in [6.45, 7) is 2.23. The predicted octanol–water partition coefficient (Wildman–Crippen LogP) is 5.49. The third-order valence-electron chi connectivity index (χ3n) is 4.18. The van der Waals surface area contributed by atoms with E-state index in [2.05, 4.69) is 25.0 Å². The minimum atomic E-state index is 0.351. The molecular weight excluding hydrogens is 256 g/mol. The summed E-state index contributed by atoms with van der Waals surface area (Å²) < 4.78 is 6.06. The first-order valence-electron chi connectivity index (χ1n) is 7.71. The molecule has 0 spiro atoms. The second kappa shape index (κ2) is 6.06. The Labute approximate surface area is 127 Å². The molecule has 21 heavy (non-hydrogen) atoms. The highest BCUT2D eigenvalue weighted by molar-refractivity contribution is 5.59. The number of para-hydroxylation sites is 1. The molecule has 0 N–H and O–H groups in total. The monoisotopic (exact) mass is 276 g/mol. The zero-order valence-electron chi connectivity index (χ0n) is 12.4. The lowest BCUT2D eigenvalue weighted by Gasteiger charge is -2.29. The van der Waals surface area contributed by atoms with Crippen LogP contribution < -0.4 is 4.74 Å². The highest BCUT2D eigenvalue weighted by Crippen LogP contribution is 2.47.